The van der Waals surface area contributed by atoms with E-state index in [9.17, 15) is 8.78 Å². The van der Waals surface area contributed by atoms with Crippen molar-refractivity contribution < 1.29 is 8.78 Å². The van der Waals surface area contributed by atoms with E-state index in [1.807, 2.05) is 12.1 Å². The monoisotopic (exact) mass is 210 g/mol. The lowest BCUT2D eigenvalue weighted by molar-refractivity contribution is 0.00723. The summed E-state index contributed by atoms with van der Waals surface area (Å²) in [6.07, 6.45) is 1.76. The van der Waals surface area contributed by atoms with E-state index in [4.69, 9.17) is 5.73 Å². The molecule has 0 amide bonds. The van der Waals surface area contributed by atoms with Crippen LogP contribution in [0, 0.1) is 0 Å². The van der Waals surface area contributed by atoms with Crippen molar-refractivity contribution in [3.05, 3.63) is 36.0 Å². The van der Waals surface area contributed by atoms with Gasteiger partial charge in [0.15, 0.2) is 0 Å². The summed E-state index contributed by atoms with van der Waals surface area (Å²) in [5.41, 5.74) is 5.63. The Kier molecular flexibility index (Phi) is 2.23. The van der Waals surface area contributed by atoms with E-state index in [0.29, 0.717) is 5.52 Å². The maximum absolute atomic E-state index is 13.5. The normalized spacial score (nSPS) is 12.3. The molecule has 0 spiro atoms. The van der Waals surface area contributed by atoms with Gasteiger partial charge in [-0.2, -0.15) is 8.78 Å². The molecule has 80 valence electrons. The number of fused-ring (bicyclic) bond motifs is 1. The number of halogens is 2. The second-order valence-corrected chi connectivity index (χ2v) is 3.58. The van der Waals surface area contributed by atoms with Crippen LogP contribution in [0.25, 0.3) is 10.9 Å². The quantitative estimate of drug-likeness (QED) is 0.809. The average Bonchev–Trinajstić information content (AvgIpc) is 2.60. The van der Waals surface area contributed by atoms with Crippen molar-refractivity contribution in [1.82, 2.24) is 4.57 Å². The maximum atomic E-state index is 13.5. The second-order valence-electron chi connectivity index (χ2n) is 3.58. The van der Waals surface area contributed by atoms with Gasteiger partial charge >= 0.3 is 0 Å². The molecule has 0 bridgehead atoms. The minimum atomic E-state index is -2.97. The van der Waals surface area contributed by atoms with Crippen molar-refractivity contribution in [3.8, 4) is 0 Å². The highest BCUT2D eigenvalue weighted by atomic mass is 19.3. The molecule has 15 heavy (non-hydrogen) atoms. The van der Waals surface area contributed by atoms with Crippen LogP contribution in [-0.4, -0.2) is 11.1 Å². The summed E-state index contributed by atoms with van der Waals surface area (Å²) in [4.78, 5) is 0. The van der Waals surface area contributed by atoms with Crippen LogP contribution in [0.1, 0.15) is 5.56 Å². The first-order chi connectivity index (χ1) is 7.06. The van der Waals surface area contributed by atoms with E-state index in [1.165, 1.54) is 6.07 Å². The summed E-state index contributed by atoms with van der Waals surface area (Å²) in [6.45, 7) is -0.669. The zero-order valence-electron chi connectivity index (χ0n) is 8.37. The molecule has 0 fully saturated rings. The van der Waals surface area contributed by atoms with Gasteiger partial charge in [0.1, 0.15) is 0 Å². The van der Waals surface area contributed by atoms with Crippen LogP contribution in [0.5, 0.6) is 0 Å². The van der Waals surface area contributed by atoms with Crippen molar-refractivity contribution in [2.45, 2.75) is 5.92 Å². The highest BCUT2D eigenvalue weighted by Crippen LogP contribution is 2.32. The first-order valence-corrected chi connectivity index (χ1v) is 4.68. The molecule has 1 aromatic carbocycles. The zero-order chi connectivity index (χ0) is 11.1. The Bertz CT molecular complexity index is 488. The molecular formula is C11H12F2N2. The second kappa shape index (κ2) is 3.31. The Morgan fingerprint density at radius 3 is 2.73 bits per heavy atom. The molecular weight excluding hydrogens is 198 g/mol. The van der Waals surface area contributed by atoms with Crippen LogP contribution in [0.3, 0.4) is 0 Å². The number of para-hydroxylation sites is 1. The largest absolute Gasteiger partial charge is 0.350 e. The van der Waals surface area contributed by atoms with Crippen LogP contribution in [-0.2, 0) is 13.0 Å². The Labute approximate surface area is 86.3 Å². The molecule has 0 aliphatic heterocycles. The fourth-order valence-corrected chi connectivity index (χ4v) is 1.76. The van der Waals surface area contributed by atoms with Gasteiger partial charge in [0.05, 0.1) is 12.1 Å². The summed E-state index contributed by atoms with van der Waals surface area (Å²) in [5.74, 6) is -2.97. The first-order valence-electron chi connectivity index (χ1n) is 4.68. The predicted molar refractivity (Wildman–Crippen MR) is 55.9 cm³/mol. The summed E-state index contributed by atoms with van der Waals surface area (Å²) in [7, 11) is 1.75. The van der Waals surface area contributed by atoms with Gasteiger partial charge in [0.2, 0.25) is 0 Å². The highest BCUT2D eigenvalue weighted by Gasteiger charge is 2.32. The molecule has 2 nitrogen and oxygen atoms in total. The number of nitrogens with two attached hydrogens (primary N) is 1. The Morgan fingerprint density at radius 2 is 2.07 bits per heavy atom. The number of rotatable bonds is 2. The minimum absolute atomic E-state index is 0.00463. The topological polar surface area (TPSA) is 30.9 Å². The van der Waals surface area contributed by atoms with Gasteiger partial charge in [0.25, 0.3) is 5.92 Å². The van der Waals surface area contributed by atoms with Crippen molar-refractivity contribution >= 4 is 10.9 Å². The highest BCUT2D eigenvalue weighted by molar-refractivity contribution is 5.84. The predicted octanol–water partition coefficient (Wildman–Crippen LogP) is 2.23. The molecule has 1 aromatic heterocycles. The lowest BCUT2D eigenvalue weighted by atomic mass is 10.1. The van der Waals surface area contributed by atoms with E-state index >= 15 is 0 Å². The number of hydrogen-bond donors (Lipinski definition) is 1. The van der Waals surface area contributed by atoms with Crippen LogP contribution in [0.15, 0.2) is 30.5 Å². The summed E-state index contributed by atoms with van der Waals surface area (Å²) in [5, 5.41) is 0.808. The molecule has 4 heteroatoms. The van der Waals surface area contributed by atoms with Gasteiger partial charge in [-0.05, 0) is 6.07 Å². The summed E-state index contributed by atoms with van der Waals surface area (Å²) >= 11 is 0. The van der Waals surface area contributed by atoms with E-state index in [1.54, 1.807) is 23.9 Å². The van der Waals surface area contributed by atoms with E-state index in [-0.39, 0.29) is 5.56 Å². The Balaban J connectivity index is 2.75. The van der Waals surface area contributed by atoms with Gasteiger partial charge in [-0.3, -0.25) is 0 Å². The number of aryl methyl sites for hydroxylation is 1. The maximum Gasteiger partial charge on any atom is 0.287 e. The number of benzene rings is 1. The van der Waals surface area contributed by atoms with Crippen LogP contribution < -0.4 is 5.73 Å². The fourth-order valence-electron chi connectivity index (χ4n) is 1.76. The third kappa shape index (κ3) is 1.51. The molecule has 0 saturated carbocycles. The van der Waals surface area contributed by atoms with Gasteiger partial charge < -0.3 is 10.3 Å². The molecule has 0 saturated heterocycles. The average molecular weight is 210 g/mol. The third-order valence-corrected chi connectivity index (χ3v) is 2.55. The van der Waals surface area contributed by atoms with Gasteiger partial charge in [-0.25, -0.2) is 0 Å². The third-order valence-electron chi connectivity index (χ3n) is 2.55. The van der Waals surface area contributed by atoms with Crippen molar-refractivity contribution in [2.24, 2.45) is 12.8 Å². The van der Waals surface area contributed by atoms with E-state index < -0.39 is 12.5 Å². The SMILES string of the molecule is Cn1ccc2cccc(C(F)(F)CN)c21. The number of aromatic nitrogens is 1. The molecule has 1 heterocycles. The van der Waals surface area contributed by atoms with E-state index in [2.05, 4.69) is 0 Å². The Hall–Kier alpha value is -1.42. The number of hydrogen-bond acceptors (Lipinski definition) is 1. The molecule has 0 aliphatic carbocycles. The van der Waals surface area contributed by atoms with Crippen LogP contribution in [0.2, 0.25) is 0 Å². The fraction of sp³-hybridized carbons (Fsp3) is 0.273. The molecule has 2 rings (SSSR count). The molecule has 2 aromatic rings. The standard InChI is InChI=1S/C11H12F2N2/c1-15-6-5-8-3-2-4-9(10(8)15)11(12,13)7-14/h2-6H,7,14H2,1H3. The first kappa shape index (κ1) is 10.1. The van der Waals surface area contributed by atoms with E-state index in [0.717, 1.165) is 5.39 Å². The molecule has 2 N–H and O–H groups in total. The summed E-state index contributed by atoms with van der Waals surface area (Å²) < 4.78 is 28.8. The minimum Gasteiger partial charge on any atom is -0.350 e. The van der Waals surface area contributed by atoms with Crippen LogP contribution in [0.4, 0.5) is 8.78 Å². The van der Waals surface area contributed by atoms with Gasteiger partial charge in [-0.1, -0.05) is 18.2 Å². The number of alkyl halides is 2. The molecule has 0 aliphatic rings. The van der Waals surface area contributed by atoms with Crippen molar-refractivity contribution in [1.29, 1.82) is 0 Å². The van der Waals surface area contributed by atoms with Crippen molar-refractivity contribution in [2.75, 3.05) is 6.54 Å². The Morgan fingerprint density at radius 1 is 1.33 bits per heavy atom. The van der Waals surface area contributed by atoms with Crippen LogP contribution >= 0.6 is 0 Å². The van der Waals surface area contributed by atoms with Gasteiger partial charge in [-0.15, -0.1) is 0 Å². The molecule has 0 atom stereocenters. The number of nitrogens with zero attached hydrogens (tertiary/aromatic N) is 1. The zero-order valence-corrected chi connectivity index (χ0v) is 8.37. The summed E-state index contributed by atoms with van der Waals surface area (Å²) in [6, 6.07) is 6.67. The molecule has 0 radical (unpaired) electrons. The van der Waals surface area contributed by atoms with Crippen molar-refractivity contribution in [3.63, 3.8) is 0 Å². The lowest BCUT2D eigenvalue weighted by Crippen LogP contribution is -2.25. The molecule has 0 unspecified atom stereocenters. The lowest BCUT2D eigenvalue weighted by Gasteiger charge is -2.16. The smallest absolute Gasteiger partial charge is 0.287 e. The van der Waals surface area contributed by atoms with Gasteiger partial charge in [0, 0.05) is 24.2 Å².